The van der Waals surface area contributed by atoms with Crippen LogP contribution in [0.4, 0.5) is 5.69 Å². The van der Waals surface area contributed by atoms with Crippen LogP contribution in [0.5, 0.6) is 0 Å². The van der Waals surface area contributed by atoms with E-state index in [-0.39, 0.29) is 5.57 Å². The molecule has 0 spiro atoms. The van der Waals surface area contributed by atoms with E-state index in [0.717, 1.165) is 11.3 Å². The van der Waals surface area contributed by atoms with Crippen LogP contribution in [0.3, 0.4) is 0 Å². The Morgan fingerprint density at radius 1 is 1.48 bits per heavy atom. The van der Waals surface area contributed by atoms with Crippen molar-refractivity contribution in [3.63, 3.8) is 0 Å². The first-order valence-corrected chi connectivity index (χ1v) is 8.33. The lowest BCUT2D eigenvalue weighted by Crippen LogP contribution is -2.41. The summed E-state index contributed by atoms with van der Waals surface area (Å²) in [5.41, 5.74) is 1.60. The lowest BCUT2D eigenvalue weighted by Gasteiger charge is -2.13. The van der Waals surface area contributed by atoms with Gasteiger partial charge in [-0.25, -0.2) is 4.79 Å². The van der Waals surface area contributed by atoms with E-state index in [1.54, 1.807) is 12.1 Å². The molecule has 0 aliphatic heterocycles. The van der Waals surface area contributed by atoms with E-state index in [4.69, 9.17) is 10.4 Å². The molecule has 1 rings (SSSR count). The van der Waals surface area contributed by atoms with Crippen LogP contribution in [0, 0.1) is 18.3 Å². The highest BCUT2D eigenvalue weighted by atomic mass is 32.2. The molecule has 0 aliphatic carbocycles. The molecular weight excluding hydrogens is 314 g/mol. The molecule has 0 heterocycles. The molecule has 0 aliphatic rings. The van der Waals surface area contributed by atoms with Crippen LogP contribution >= 0.6 is 11.8 Å². The number of carboxylic acids is 1. The van der Waals surface area contributed by atoms with Gasteiger partial charge in [0.2, 0.25) is 0 Å². The lowest BCUT2D eigenvalue weighted by molar-refractivity contribution is -0.141. The summed E-state index contributed by atoms with van der Waals surface area (Å²) in [6, 6.07) is 8.20. The summed E-state index contributed by atoms with van der Waals surface area (Å²) in [5.74, 6) is -1.22. The molecule has 7 heteroatoms. The average Bonchev–Trinajstić information content (AvgIpc) is 2.51. The Morgan fingerprint density at radius 3 is 2.78 bits per heavy atom. The first-order valence-electron chi connectivity index (χ1n) is 6.94. The fourth-order valence-electron chi connectivity index (χ4n) is 1.77. The van der Waals surface area contributed by atoms with E-state index in [1.807, 2.05) is 31.4 Å². The number of nitrogens with one attached hydrogen (secondary N) is 2. The van der Waals surface area contributed by atoms with Gasteiger partial charge in [-0.2, -0.15) is 17.0 Å². The third kappa shape index (κ3) is 6.45. The van der Waals surface area contributed by atoms with E-state index < -0.39 is 17.9 Å². The Kier molecular flexibility index (Phi) is 7.71. The Labute approximate surface area is 139 Å². The number of benzene rings is 1. The quantitative estimate of drug-likeness (QED) is 0.497. The van der Waals surface area contributed by atoms with E-state index in [1.165, 1.54) is 18.0 Å². The molecule has 0 saturated heterocycles. The molecule has 3 N–H and O–H groups in total. The summed E-state index contributed by atoms with van der Waals surface area (Å²) >= 11 is 1.49. The fourth-order valence-corrected chi connectivity index (χ4v) is 2.24. The number of aryl methyl sites for hydroxylation is 1. The van der Waals surface area contributed by atoms with Gasteiger partial charge in [-0.1, -0.05) is 12.1 Å². The number of thioether (sulfide) groups is 1. The molecule has 122 valence electrons. The topological polar surface area (TPSA) is 102 Å². The van der Waals surface area contributed by atoms with E-state index in [9.17, 15) is 9.59 Å². The number of nitriles is 1. The molecular formula is C16H19N3O3S. The monoisotopic (exact) mass is 333 g/mol. The third-order valence-corrected chi connectivity index (χ3v) is 3.62. The van der Waals surface area contributed by atoms with Crippen molar-refractivity contribution < 1.29 is 14.7 Å². The summed E-state index contributed by atoms with van der Waals surface area (Å²) in [6.45, 7) is 1.93. The number of anilines is 1. The maximum Gasteiger partial charge on any atom is 0.326 e. The molecule has 1 unspecified atom stereocenters. The summed E-state index contributed by atoms with van der Waals surface area (Å²) in [4.78, 5) is 23.2. The van der Waals surface area contributed by atoms with Gasteiger partial charge in [0, 0.05) is 11.9 Å². The Hall–Kier alpha value is -2.46. The molecule has 1 aromatic rings. The highest BCUT2D eigenvalue weighted by Gasteiger charge is 2.21. The Balaban J connectivity index is 2.75. The van der Waals surface area contributed by atoms with Gasteiger partial charge < -0.3 is 15.7 Å². The number of rotatable bonds is 8. The summed E-state index contributed by atoms with van der Waals surface area (Å²) in [6.07, 6.45) is 3.43. The molecule has 0 radical (unpaired) electrons. The molecule has 0 bridgehead atoms. The van der Waals surface area contributed by atoms with E-state index in [2.05, 4.69) is 10.6 Å². The minimum absolute atomic E-state index is 0.179. The predicted octanol–water partition coefficient (Wildman–Crippen LogP) is 2.14. The second kappa shape index (κ2) is 9.54. The van der Waals surface area contributed by atoms with Gasteiger partial charge in [0.05, 0.1) is 0 Å². The van der Waals surface area contributed by atoms with Crippen LogP contribution in [0.1, 0.15) is 12.0 Å². The van der Waals surface area contributed by atoms with Crippen molar-refractivity contribution >= 4 is 29.3 Å². The number of amides is 1. The molecule has 6 nitrogen and oxygen atoms in total. The molecule has 1 atom stereocenters. The van der Waals surface area contributed by atoms with Gasteiger partial charge in [0.1, 0.15) is 17.7 Å². The van der Waals surface area contributed by atoms with Gasteiger partial charge in [0.15, 0.2) is 0 Å². The second-order valence-corrected chi connectivity index (χ2v) is 5.81. The molecule has 0 aromatic heterocycles. The Morgan fingerprint density at radius 2 is 2.22 bits per heavy atom. The molecule has 1 amide bonds. The predicted molar refractivity (Wildman–Crippen MR) is 91.1 cm³/mol. The maximum atomic E-state index is 12.0. The van der Waals surface area contributed by atoms with Crippen LogP contribution in [0.2, 0.25) is 0 Å². The van der Waals surface area contributed by atoms with Crippen molar-refractivity contribution in [1.82, 2.24) is 5.32 Å². The van der Waals surface area contributed by atoms with Crippen LogP contribution < -0.4 is 10.6 Å². The highest BCUT2D eigenvalue weighted by molar-refractivity contribution is 7.98. The molecule has 0 fully saturated rings. The zero-order valence-electron chi connectivity index (χ0n) is 13.0. The SMILES string of the molecule is CSCCC(NC(=O)/C(C#N)=C\Nc1cccc(C)c1)C(=O)O. The minimum Gasteiger partial charge on any atom is -0.480 e. The lowest BCUT2D eigenvalue weighted by atomic mass is 10.2. The van der Waals surface area contributed by atoms with Crippen molar-refractivity contribution in [1.29, 1.82) is 5.26 Å². The highest BCUT2D eigenvalue weighted by Crippen LogP contribution is 2.10. The van der Waals surface area contributed by atoms with Gasteiger partial charge in [-0.05, 0) is 43.0 Å². The number of hydrogen-bond donors (Lipinski definition) is 3. The zero-order chi connectivity index (χ0) is 17.2. The third-order valence-electron chi connectivity index (χ3n) is 2.98. The van der Waals surface area contributed by atoms with Gasteiger partial charge in [0.25, 0.3) is 5.91 Å². The van der Waals surface area contributed by atoms with Gasteiger partial charge in [-0.3, -0.25) is 4.79 Å². The maximum absolute atomic E-state index is 12.0. The summed E-state index contributed by atoms with van der Waals surface area (Å²) < 4.78 is 0. The Bertz CT molecular complexity index is 638. The van der Waals surface area contributed by atoms with Crippen molar-refractivity contribution in [3.05, 3.63) is 41.6 Å². The van der Waals surface area contributed by atoms with E-state index >= 15 is 0 Å². The van der Waals surface area contributed by atoms with Crippen molar-refractivity contribution in [2.24, 2.45) is 0 Å². The van der Waals surface area contributed by atoms with Crippen LogP contribution in [-0.2, 0) is 9.59 Å². The van der Waals surface area contributed by atoms with Crippen molar-refractivity contribution in [2.45, 2.75) is 19.4 Å². The standard InChI is InChI=1S/C16H19N3O3S/c1-11-4-3-5-13(8-11)18-10-12(9-17)15(20)19-14(16(21)22)6-7-23-2/h3-5,8,10,14,18H,6-7H2,1-2H3,(H,19,20)(H,21,22)/b12-10-. The number of nitrogens with zero attached hydrogens (tertiary/aromatic N) is 1. The first kappa shape index (κ1) is 18.6. The summed E-state index contributed by atoms with van der Waals surface area (Å²) in [5, 5.41) is 23.4. The smallest absolute Gasteiger partial charge is 0.326 e. The van der Waals surface area contributed by atoms with E-state index in [0.29, 0.717) is 12.2 Å². The number of carbonyl (C=O) groups is 2. The zero-order valence-corrected chi connectivity index (χ0v) is 13.8. The number of hydrogen-bond acceptors (Lipinski definition) is 5. The fraction of sp³-hybridized carbons (Fsp3) is 0.312. The average molecular weight is 333 g/mol. The van der Waals surface area contributed by atoms with Crippen LogP contribution in [0.25, 0.3) is 0 Å². The van der Waals surface area contributed by atoms with Crippen LogP contribution in [0.15, 0.2) is 36.0 Å². The molecule has 1 aromatic carbocycles. The molecule has 0 saturated carbocycles. The van der Waals surface area contributed by atoms with Crippen molar-refractivity contribution in [3.8, 4) is 6.07 Å². The number of carboxylic acid groups (broad SMARTS) is 1. The molecule has 23 heavy (non-hydrogen) atoms. The number of carbonyl (C=O) groups excluding carboxylic acids is 1. The first-order chi connectivity index (χ1) is 11.0. The van der Waals surface area contributed by atoms with Crippen molar-refractivity contribution in [2.75, 3.05) is 17.3 Å². The normalized spacial score (nSPS) is 12.1. The van der Waals surface area contributed by atoms with Gasteiger partial charge in [-0.15, -0.1) is 0 Å². The number of aliphatic carboxylic acids is 1. The van der Waals surface area contributed by atoms with Gasteiger partial charge >= 0.3 is 5.97 Å². The largest absolute Gasteiger partial charge is 0.480 e. The van der Waals surface area contributed by atoms with Crippen LogP contribution in [-0.4, -0.2) is 35.0 Å². The summed E-state index contributed by atoms with van der Waals surface area (Å²) in [7, 11) is 0. The minimum atomic E-state index is -1.11. The second-order valence-electron chi connectivity index (χ2n) is 4.83.